The molecule has 5 heteroatoms. The summed E-state index contributed by atoms with van der Waals surface area (Å²) in [6.07, 6.45) is 1.46. The van der Waals surface area contributed by atoms with Gasteiger partial charge in [0.1, 0.15) is 11.8 Å². The van der Waals surface area contributed by atoms with Crippen molar-refractivity contribution in [3.05, 3.63) is 58.3 Å². The highest BCUT2D eigenvalue weighted by Gasteiger charge is 2.14. The highest BCUT2D eigenvalue weighted by atomic mass is 79.9. The van der Waals surface area contributed by atoms with Crippen LogP contribution >= 0.6 is 15.9 Å². The molecular formula is C14H10BrN3O. The molecule has 2 rings (SSSR count). The first kappa shape index (κ1) is 13.2. The van der Waals surface area contributed by atoms with Crippen molar-refractivity contribution in [1.82, 2.24) is 4.98 Å². The molecule has 2 aromatic rings. The van der Waals surface area contributed by atoms with Crippen LogP contribution in [-0.4, -0.2) is 17.9 Å². The molecule has 0 spiro atoms. The predicted octanol–water partition coefficient (Wildman–Crippen LogP) is 2.99. The Morgan fingerprint density at radius 1 is 1.37 bits per heavy atom. The number of amides is 1. The number of hydrogen-bond acceptors (Lipinski definition) is 3. The normalized spacial score (nSPS) is 9.74. The van der Waals surface area contributed by atoms with Gasteiger partial charge in [-0.15, -0.1) is 0 Å². The summed E-state index contributed by atoms with van der Waals surface area (Å²) in [7, 11) is 1.69. The first-order valence-corrected chi connectivity index (χ1v) is 6.31. The molecule has 0 atom stereocenters. The maximum atomic E-state index is 12.3. The van der Waals surface area contributed by atoms with E-state index >= 15 is 0 Å². The van der Waals surface area contributed by atoms with Crippen molar-refractivity contribution in [2.45, 2.75) is 0 Å². The summed E-state index contributed by atoms with van der Waals surface area (Å²) in [6, 6.07) is 12.4. The standard InChI is InChI=1S/C14H10BrN3O/c1-18(13-4-2-3-11(15)8-13)14(19)10-5-6-17-12(7-10)9-16/h2-8H,1H3. The second kappa shape index (κ2) is 5.63. The maximum absolute atomic E-state index is 12.3. The molecule has 0 saturated heterocycles. The van der Waals surface area contributed by atoms with Crippen LogP contribution in [0, 0.1) is 11.3 Å². The van der Waals surface area contributed by atoms with Crippen molar-refractivity contribution in [1.29, 1.82) is 5.26 Å². The zero-order valence-electron chi connectivity index (χ0n) is 10.2. The Kier molecular flexibility index (Phi) is 3.93. The molecular weight excluding hydrogens is 306 g/mol. The van der Waals surface area contributed by atoms with Crippen LogP contribution in [0.3, 0.4) is 0 Å². The Labute approximate surface area is 119 Å². The van der Waals surface area contributed by atoms with Crippen LogP contribution < -0.4 is 4.90 Å². The molecule has 1 amide bonds. The number of pyridine rings is 1. The van der Waals surface area contributed by atoms with Crippen molar-refractivity contribution in [3.63, 3.8) is 0 Å². The Morgan fingerprint density at radius 2 is 2.16 bits per heavy atom. The molecule has 19 heavy (non-hydrogen) atoms. The Bertz CT molecular complexity index is 664. The van der Waals surface area contributed by atoms with Gasteiger partial charge in [-0.3, -0.25) is 4.79 Å². The average molecular weight is 316 g/mol. The van der Waals surface area contributed by atoms with E-state index in [1.807, 2.05) is 30.3 Å². The van der Waals surface area contributed by atoms with Crippen LogP contribution in [0.5, 0.6) is 0 Å². The van der Waals surface area contributed by atoms with E-state index in [9.17, 15) is 4.79 Å². The third-order valence-corrected chi connectivity index (χ3v) is 3.11. The van der Waals surface area contributed by atoms with E-state index in [4.69, 9.17) is 5.26 Å². The molecule has 0 fully saturated rings. The predicted molar refractivity (Wildman–Crippen MR) is 75.8 cm³/mol. The number of hydrogen-bond donors (Lipinski definition) is 0. The van der Waals surface area contributed by atoms with Crippen molar-refractivity contribution in [3.8, 4) is 6.07 Å². The first-order valence-electron chi connectivity index (χ1n) is 5.51. The van der Waals surface area contributed by atoms with Crippen molar-refractivity contribution in [2.75, 3.05) is 11.9 Å². The molecule has 1 aromatic carbocycles. The number of rotatable bonds is 2. The lowest BCUT2D eigenvalue weighted by atomic mass is 10.2. The number of nitriles is 1. The van der Waals surface area contributed by atoms with E-state index in [1.54, 1.807) is 13.1 Å². The molecule has 0 aliphatic heterocycles. The largest absolute Gasteiger partial charge is 0.311 e. The fourth-order valence-electron chi connectivity index (χ4n) is 1.62. The number of nitrogens with zero attached hydrogens (tertiary/aromatic N) is 3. The van der Waals surface area contributed by atoms with Gasteiger partial charge in [0.15, 0.2) is 0 Å². The molecule has 0 aliphatic carbocycles. The number of carbonyl (C=O) groups is 1. The molecule has 0 radical (unpaired) electrons. The summed E-state index contributed by atoms with van der Waals surface area (Å²) < 4.78 is 0.900. The molecule has 1 heterocycles. The summed E-state index contributed by atoms with van der Waals surface area (Å²) in [5, 5.41) is 8.79. The van der Waals surface area contributed by atoms with E-state index in [1.165, 1.54) is 17.2 Å². The maximum Gasteiger partial charge on any atom is 0.258 e. The van der Waals surface area contributed by atoms with Crippen LogP contribution in [0.1, 0.15) is 16.1 Å². The van der Waals surface area contributed by atoms with E-state index in [2.05, 4.69) is 20.9 Å². The van der Waals surface area contributed by atoms with Gasteiger partial charge >= 0.3 is 0 Å². The minimum absolute atomic E-state index is 0.183. The third-order valence-electron chi connectivity index (χ3n) is 2.62. The minimum Gasteiger partial charge on any atom is -0.311 e. The van der Waals surface area contributed by atoms with Gasteiger partial charge < -0.3 is 4.90 Å². The Hall–Kier alpha value is -2.19. The molecule has 94 valence electrons. The van der Waals surface area contributed by atoms with Crippen LogP contribution in [0.15, 0.2) is 47.1 Å². The summed E-state index contributed by atoms with van der Waals surface area (Å²) in [4.78, 5) is 17.7. The van der Waals surface area contributed by atoms with E-state index < -0.39 is 0 Å². The summed E-state index contributed by atoms with van der Waals surface area (Å²) in [5.74, 6) is -0.183. The smallest absolute Gasteiger partial charge is 0.258 e. The van der Waals surface area contributed by atoms with Crippen LogP contribution in [0.25, 0.3) is 0 Å². The van der Waals surface area contributed by atoms with E-state index in [-0.39, 0.29) is 11.6 Å². The Balaban J connectivity index is 2.31. The molecule has 0 aliphatic rings. The highest BCUT2D eigenvalue weighted by Crippen LogP contribution is 2.20. The van der Waals surface area contributed by atoms with Gasteiger partial charge in [-0.2, -0.15) is 5.26 Å². The summed E-state index contributed by atoms with van der Waals surface area (Å²) in [5.41, 5.74) is 1.44. The van der Waals surface area contributed by atoms with Crippen molar-refractivity contribution < 1.29 is 4.79 Å². The van der Waals surface area contributed by atoms with Gasteiger partial charge in [-0.25, -0.2) is 4.98 Å². The number of anilines is 1. The van der Waals surface area contributed by atoms with Gasteiger partial charge in [0, 0.05) is 29.0 Å². The van der Waals surface area contributed by atoms with Gasteiger partial charge in [0.2, 0.25) is 0 Å². The van der Waals surface area contributed by atoms with Gasteiger partial charge in [-0.1, -0.05) is 22.0 Å². The number of benzene rings is 1. The van der Waals surface area contributed by atoms with Crippen LogP contribution in [0.4, 0.5) is 5.69 Å². The summed E-state index contributed by atoms with van der Waals surface area (Å²) in [6.45, 7) is 0. The third kappa shape index (κ3) is 2.98. The fraction of sp³-hybridized carbons (Fsp3) is 0.0714. The Morgan fingerprint density at radius 3 is 2.84 bits per heavy atom. The van der Waals surface area contributed by atoms with Gasteiger partial charge in [0.25, 0.3) is 5.91 Å². The average Bonchev–Trinajstić information content (AvgIpc) is 2.45. The van der Waals surface area contributed by atoms with Crippen molar-refractivity contribution >= 4 is 27.5 Å². The second-order valence-electron chi connectivity index (χ2n) is 3.89. The topological polar surface area (TPSA) is 57.0 Å². The van der Waals surface area contributed by atoms with Gasteiger partial charge in [-0.05, 0) is 30.3 Å². The van der Waals surface area contributed by atoms with Gasteiger partial charge in [0.05, 0.1) is 0 Å². The monoisotopic (exact) mass is 315 g/mol. The number of aromatic nitrogens is 1. The lowest BCUT2D eigenvalue weighted by Crippen LogP contribution is -2.26. The number of halogens is 1. The zero-order valence-corrected chi connectivity index (χ0v) is 11.8. The molecule has 0 bridgehead atoms. The van der Waals surface area contributed by atoms with E-state index in [0.717, 1.165) is 10.2 Å². The molecule has 0 unspecified atom stereocenters. The lowest BCUT2D eigenvalue weighted by Gasteiger charge is -2.17. The second-order valence-corrected chi connectivity index (χ2v) is 4.80. The SMILES string of the molecule is CN(C(=O)c1ccnc(C#N)c1)c1cccc(Br)c1. The van der Waals surface area contributed by atoms with Crippen molar-refractivity contribution in [2.24, 2.45) is 0 Å². The molecule has 1 aromatic heterocycles. The number of carbonyl (C=O) groups excluding carboxylic acids is 1. The highest BCUT2D eigenvalue weighted by molar-refractivity contribution is 9.10. The molecule has 0 N–H and O–H groups in total. The molecule has 0 saturated carbocycles. The lowest BCUT2D eigenvalue weighted by molar-refractivity contribution is 0.0993. The van der Waals surface area contributed by atoms with Crippen LogP contribution in [-0.2, 0) is 0 Å². The minimum atomic E-state index is -0.183. The molecule has 4 nitrogen and oxygen atoms in total. The first-order chi connectivity index (χ1) is 9.11. The quantitative estimate of drug-likeness (QED) is 0.856. The van der Waals surface area contributed by atoms with E-state index in [0.29, 0.717) is 5.56 Å². The van der Waals surface area contributed by atoms with Crippen LogP contribution in [0.2, 0.25) is 0 Å². The fourth-order valence-corrected chi connectivity index (χ4v) is 2.01. The zero-order chi connectivity index (χ0) is 13.8. The summed E-state index contributed by atoms with van der Waals surface area (Å²) >= 11 is 3.37.